The van der Waals surface area contributed by atoms with Crippen LogP contribution < -0.4 is 14.8 Å². The molecule has 0 unspecified atom stereocenters. The normalized spacial score (nSPS) is 15.4. The topological polar surface area (TPSA) is 93.7 Å². The zero-order valence-corrected chi connectivity index (χ0v) is 19.0. The number of nitrogens with zero attached hydrogens (tertiary/aromatic N) is 3. The first kappa shape index (κ1) is 22.7. The first-order valence-electron chi connectivity index (χ1n) is 10.4. The van der Waals surface area contributed by atoms with Crippen LogP contribution in [0.25, 0.3) is 0 Å². The van der Waals surface area contributed by atoms with E-state index in [0.29, 0.717) is 28.7 Å². The van der Waals surface area contributed by atoms with Gasteiger partial charge in [0.05, 0.1) is 26.7 Å². The molecule has 2 amide bonds. The van der Waals surface area contributed by atoms with Crippen molar-refractivity contribution >= 4 is 28.8 Å². The Morgan fingerprint density at radius 2 is 1.88 bits per heavy atom. The summed E-state index contributed by atoms with van der Waals surface area (Å²) in [4.78, 5) is 27.3. The second-order valence-electron chi connectivity index (χ2n) is 7.52. The smallest absolute Gasteiger partial charge is 0.286 e. The number of carbonyl (C=O) groups is 2. The molecular formula is C23H23FN4O4S. The van der Waals surface area contributed by atoms with Gasteiger partial charge in [0.1, 0.15) is 10.8 Å². The van der Waals surface area contributed by atoms with Crippen LogP contribution in [0.4, 0.5) is 10.1 Å². The summed E-state index contributed by atoms with van der Waals surface area (Å²) in [5.74, 6) is 0.337. The Morgan fingerprint density at radius 3 is 2.61 bits per heavy atom. The quantitative estimate of drug-likeness (QED) is 0.564. The van der Waals surface area contributed by atoms with Crippen molar-refractivity contribution in [2.45, 2.75) is 25.3 Å². The predicted octanol–water partition coefficient (Wildman–Crippen LogP) is 3.85. The van der Waals surface area contributed by atoms with Crippen molar-refractivity contribution in [2.24, 2.45) is 0 Å². The molecule has 0 spiro atoms. The zero-order chi connectivity index (χ0) is 23.4. The average molecular weight is 471 g/mol. The fraction of sp³-hybridized carbons (Fsp3) is 0.304. The van der Waals surface area contributed by atoms with E-state index in [9.17, 15) is 14.0 Å². The molecule has 0 radical (unpaired) electrons. The molecule has 4 rings (SSSR count). The summed E-state index contributed by atoms with van der Waals surface area (Å²) < 4.78 is 23.6. The molecule has 2 heterocycles. The van der Waals surface area contributed by atoms with Crippen molar-refractivity contribution in [1.29, 1.82) is 0 Å². The van der Waals surface area contributed by atoms with Crippen molar-refractivity contribution in [3.8, 4) is 11.5 Å². The van der Waals surface area contributed by atoms with Crippen molar-refractivity contribution in [2.75, 3.05) is 26.1 Å². The lowest BCUT2D eigenvalue weighted by Gasteiger charge is -2.23. The maximum Gasteiger partial charge on any atom is 0.286 e. The molecule has 2 aromatic carbocycles. The van der Waals surface area contributed by atoms with Crippen LogP contribution in [0.2, 0.25) is 0 Å². The Morgan fingerprint density at radius 1 is 1.12 bits per heavy atom. The van der Waals surface area contributed by atoms with E-state index in [2.05, 4.69) is 15.5 Å². The second kappa shape index (κ2) is 9.95. The molecule has 172 valence electrons. The molecule has 1 N–H and O–H groups in total. The number of amides is 2. The molecule has 8 nitrogen and oxygen atoms in total. The molecule has 0 saturated carbocycles. The van der Waals surface area contributed by atoms with Gasteiger partial charge < -0.3 is 19.7 Å². The maximum absolute atomic E-state index is 13.1. The highest BCUT2D eigenvalue weighted by molar-refractivity contribution is 7.13. The summed E-state index contributed by atoms with van der Waals surface area (Å²) in [6.07, 6.45) is 1.82. The van der Waals surface area contributed by atoms with E-state index < -0.39 is 5.91 Å². The Labute approximate surface area is 194 Å². The fourth-order valence-corrected chi connectivity index (χ4v) is 4.65. The largest absolute Gasteiger partial charge is 0.493 e. The van der Waals surface area contributed by atoms with Crippen LogP contribution in [0.1, 0.15) is 39.3 Å². The molecule has 1 saturated heterocycles. The van der Waals surface area contributed by atoms with Gasteiger partial charge in [-0.05, 0) is 54.8 Å². The fourth-order valence-electron chi connectivity index (χ4n) is 3.77. The van der Waals surface area contributed by atoms with Gasteiger partial charge in [-0.2, -0.15) is 0 Å². The number of anilines is 1. The van der Waals surface area contributed by atoms with Gasteiger partial charge >= 0.3 is 0 Å². The van der Waals surface area contributed by atoms with Crippen molar-refractivity contribution in [1.82, 2.24) is 15.1 Å². The third-order valence-electron chi connectivity index (χ3n) is 5.40. The number of methoxy groups -OCH3 is 2. The van der Waals surface area contributed by atoms with Crippen LogP contribution in [-0.2, 0) is 11.2 Å². The number of likely N-dealkylation sites (tertiary alicyclic amines) is 1. The molecule has 1 atom stereocenters. The highest BCUT2D eigenvalue weighted by atomic mass is 32.1. The number of benzene rings is 2. The highest BCUT2D eigenvalue weighted by Crippen LogP contribution is 2.35. The molecule has 10 heteroatoms. The van der Waals surface area contributed by atoms with E-state index in [-0.39, 0.29) is 29.2 Å². The van der Waals surface area contributed by atoms with Crippen LogP contribution in [0.15, 0.2) is 42.5 Å². The molecule has 1 aliphatic heterocycles. The van der Waals surface area contributed by atoms with E-state index in [1.54, 1.807) is 31.3 Å². The van der Waals surface area contributed by atoms with Gasteiger partial charge in [-0.25, -0.2) is 4.39 Å². The molecule has 3 aromatic rings. The van der Waals surface area contributed by atoms with Gasteiger partial charge in [-0.3, -0.25) is 9.59 Å². The summed E-state index contributed by atoms with van der Waals surface area (Å²) in [5.41, 5.74) is 1.28. The summed E-state index contributed by atoms with van der Waals surface area (Å²) in [6.45, 7) is 0.619. The van der Waals surface area contributed by atoms with Crippen LogP contribution in [0.5, 0.6) is 11.5 Å². The first-order chi connectivity index (χ1) is 16.0. The van der Waals surface area contributed by atoms with E-state index >= 15 is 0 Å². The number of aromatic nitrogens is 2. The second-order valence-corrected chi connectivity index (χ2v) is 8.53. The van der Waals surface area contributed by atoms with Crippen molar-refractivity contribution in [3.63, 3.8) is 0 Å². The highest BCUT2D eigenvalue weighted by Gasteiger charge is 2.33. The number of hydrogen-bond acceptors (Lipinski definition) is 7. The maximum atomic E-state index is 13.1. The lowest BCUT2D eigenvalue weighted by Crippen LogP contribution is -2.31. The van der Waals surface area contributed by atoms with Gasteiger partial charge in [0.25, 0.3) is 5.91 Å². The van der Waals surface area contributed by atoms with Gasteiger partial charge in [0.2, 0.25) is 10.9 Å². The minimum Gasteiger partial charge on any atom is -0.493 e. The van der Waals surface area contributed by atoms with E-state index in [4.69, 9.17) is 9.47 Å². The summed E-state index contributed by atoms with van der Waals surface area (Å²) in [6, 6.07) is 10.7. The van der Waals surface area contributed by atoms with Gasteiger partial charge in [-0.15, -0.1) is 10.2 Å². The van der Waals surface area contributed by atoms with Crippen LogP contribution in [0, 0.1) is 5.82 Å². The SMILES string of the molecule is COc1ccc(CC(=O)N2CCC[C@@H]2c2nnc(C(=O)Nc3ccc(F)cc3)s2)cc1OC. The van der Waals surface area contributed by atoms with Crippen LogP contribution in [0.3, 0.4) is 0 Å². The average Bonchev–Trinajstić information content (AvgIpc) is 3.50. The van der Waals surface area contributed by atoms with E-state index in [1.807, 2.05) is 6.07 Å². The Balaban J connectivity index is 1.44. The number of carbonyl (C=O) groups excluding carboxylic acids is 2. The molecule has 1 aliphatic rings. The molecule has 33 heavy (non-hydrogen) atoms. The number of halogens is 1. The minimum absolute atomic E-state index is 0.0303. The first-order valence-corrected chi connectivity index (χ1v) is 11.2. The Hall–Kier alpha value is -3.53. The molecule has 0 bridgehead atoms. The van der Waals surface area contributed by atoms with E-state index in [1.165, 1.54) is 24.3 Å². The van der Waals surface area contributed by atoms with Crippen molar-refractivity contribution < 1.29 is 23.5 Å². The van der Waals surface area contributed by atoms with Crippen LogP contribution >= 0.6 is 11.3 Å². The summed E-state index contributed by atoms with van der Waals surface area (Å²) in [5, 5.41) is 11.7. The van der Waals surface area contributed by atoms with Gasteiger partial charge in [0.15, 0.2) is 11.5 Å². The zero-order valence-electron chi connectivity index (χ0n) is 18.2. The Bertz CT molecular complexity index is 1150. The predicted molar refractivity (Wildman–Crippen MR) is 121 cm³/mol. The standard InChI is InChI=1S/C23H23FN4O4S/c1-31-18-10-5-14(12-19(18)32-2)13-20(29)28-11-3-4-17(28)22-26-27-23(33-22)21(30)25-16-8-6-15(24)7-9-16/h5-10,12,17H,3-4,11,13H2,1-2H3,(H,25,30)/t17-/m1/s1. The Kier molecular flexibility index (Phi) is 6.83. The van der Waals surface area contributed by atoms with Crippen molar-refractivity contribution in [3.05, 3.63) is 63.9 Å². The third kappa shape index (κ3) is 5.11. The molecular weight excluding hydrogens is 447 g/mol. The summed E-state index contributed by atoms with van der Waals surface area (Å²) >= 11 is 1.16. The number of rotatable bonds is 7. The number of nitrogens with one attached hydrogen (secondary N) is 1. The van der Waals surface area contributed by atoms with Gasteiger partial charge in [-0.1, -0.05) is 17.4 Å². The molecule has 0 aliphatic carbocycles. The van der Waals surface area contributed by atoms with E-state index in [0.717, 1.165) is 29.7 Å². The summed E-state index contributed by atoms with van der Waals surface area (Å²) in [7, 11) is 3.12. The monoisotopic (exact) mass is 470 g/mol. The lowest BCUT2D eigenvalue weighted by atomic mass is 10.1. The number of hydrogen-bond donors (Lipinski definition) is 1. The molecule has 1 fully saturated rings. The van der Waals surface area contributed by atoms with Crippen LogP contribution in [-0.4, -0.2) is 47.7 Å². The molecule has 1 aromatic heterocycles. The van der Waals surface area contributed by atoms with Gasteiger partial charge in [0, 0.05) is 12.2 Å². The lowest BCUT2D eigenvalue weighted by molar-refractivity contribution is -0.131. The minimum atomic E-state index is -0.424. The number of ether oxygens (including phenoxy) is 2. The third-order valence-corrected chi connectivity index (χ3v) is 6.42.